The summed E-state index contributed by atoms with van der Waals surface area (Å²) < 4.78 is 12.1. The van der Waals surface area contributed by atoms with Crippen LogP contribution >= 0.6 is 0 Å². The van der Waals surface area contributed by atoms with Gasteiger partial charge in [-0.2, -0.15) is 0 Å². The number of nitrogens with one attached hydrogen (secondary N) is 2. The van der Waals surface area contributed by atoms with Gasteiger partial charge in [0.05, 0.1) is 24.8 Å². The predicted molar refractivity (Wildman–Crippen MR) is 122 cm³/mol. The number of H-pyrrole nitrogens is 1. The third-order valence-corrected chi connectivity index (χ3v) is 6.30. The van der Waals surface area contributed by atoms with Gasteiger partial charge in [0.15, 0.2) is 0 Å². The average molecular weight is 441 g/mol. The lowest BCUT2D eigenvalue weighted by molar-refractivity contribution is -0.00461. The molecule has 0 unspecified atom stereocenters. The molecule has 0 radical (unpaired) electrons. The van der Waals surface area contributed by atoms with Crippen LogP contribution in [0.15, 0.2) is 36.5 Å². The van der Waals surface area contributed by atoms with E-state index in [2.05, 4.69) is 29.0 Å². The first-order valence-corrected chi connectivity index (χ1v) is 11.3. The molecular weight excluding hydrogens is 408 g/mol. The lowest BCUT2D eigenvalue weighted by Crippen LogP contribution is -2.41. The first-order chi connectivity index (χ1) is 15.5. The minimum Gasteiger partial charge on any atom is -0.372 e. The third-order valence-electron chi connectivity index (χ3n) is 6.30. The molecule has 2 fully saturated rings. The molecule has 1 aromatic heterocycles. The van der Waals surface area contributed by atoms with Gasteiger partial charge >= 0.3 is 0 Å². The van der Waals surface area contributed by atoms with E-state index in [9.17, 15) is 9.59 Å². The van der Waals surface area contributed by atoms with Gasteiger partial charge in [-0.25, -0.2) is 0 Å². The van der Waals surface area contributed by atoms with Crippen molar-refractivity contribution in [2.45, 2.75) is 39.0 Å². The Morgan fingerprint density at radius 1 is 1.06 bits per heavy atom. The summed E-state index contributed by atoms with van der Waals surface area (Å²) >= 11 is 0. The van der Waals surface area contributed by atoms with E-state index in [4.69, 9.17) is 9.47 Å². The standard InChI is InChI=1S/C24H32N4O4/c1-4-27(5-2)19-8-6-17(7-9-19)23(29)26-18-14-31-21-12-28(13-22(21)32-15-18)24(30)20-10-11-25-16(20)3/h6-11,18,21-22,25H,4-5,12-15H2,1-3H3,(H,26,29)/t21-,22-/m0/s1. The second kappa shape index (κ2) is 9.75. The van der Waals surface area contributed by atoms with Crippen LogP contribution in [0.3, 0.4) is 0 Å². The van der Waals surface area contributed by atoms with Gasteiger partial charge in [-0.1, -0.05) is 0 Å². The molecule has 0 saturated carbocycles. The van der Waals surface area contributed by atoms with Crippen molar-refractivity contribution in [1.29, 1.82) is 0 Å². The van der Waals surface area contributed by atoms with Crippen LogP contribution in [-0.2, 0) is 9.47 Å². The topological polar surface area (TPSA) is 86.9 Å². The fourth-order valence-corrected chi connectivity index (χ4v) is 4.38. The molecule has 8 heteroatoms. The Balaban J connectivity index is 1.30. The van der Waals surface area contributed by atoms with Crippen molar-refractivity contribution < 1.29 is 19.1 Å². The molecule has 2 amide bonds. The maximum atomic E-state index is 12.8. The number of nitrogens with zero attached hydrogens (tertiary/aromatic N) is 2. The van der Waals surface area contributed by atoms with Gasteiger partial charge in [-0.05, 0) is 51.1 Å². The number of aryl methyl sites for hydroxylation is 1. The molecule has 0 aliphatic carbocycles. The highest BCUT2D eigenvalue weighted by Gasteiger charge is 2.40. The van der Waals surface area contributed by atoms with E-state index in [-0.39, 0.29) is 30.1 Å². The van der Waals surface area contributed by atoms with Crippen molar-refractivity contribution >= 4 is 17.5 Å². The van der Waals surface area contributed by atoms with Crippen LogP contribution in [0.2, 0.25) is 0 Å². The highest BCUT2D eigenvalue weighted by atomic mass is 16.6. The predicted octanol–water partition coefficient (Wildman–Crippen LogP) is 2.21. The molecule has 0 spiro atoms. The Bertz CT molecular complexity index is 922. The van der Waals surface area contributed by atoms with Gasteiger partial charge in [-0.15, -0.1) is 0 Å². The quantitative estimate of drug-likeness (QED) is 0.719. The number of aromatic nitrogens is 1. The fraction of sp³-hybridized carbons (Fsp3) is 0.500. The fourth-order valence-electron chi connectivity index (χ4n) is 4.38. The number of aromatic amines is 1. The summed E-state index contributed by atoms with van der Waals surface area (Å²) in [4.78, 5) is 32.5. The Morgan fingerprint density at radius 2 is 1.69 bits per heavy atom. The van der Waals surface area contributed by atoms with E-state index in [1.54, 1.807) is 17.2 Å². The largest absolute Gasteiger partial charge is 0.372 e. The first-order valence-electron chi connectivity index (χ1n) is 11.3. The number of carbonyl (C=O) groups is 2. The number of likely N-dealkylation sites (tertiary alicyclic amines) is 1. The van der Waals surface area contributed by atoms with Crippen molar-refractivity contribution in [3.8, 4) is 0 Å². The van der Waals surface area contributed by atoms with Crippen molar-refractivity contribution in [2.75, 3.05) is 44.3 Å². The second-order valence-electron chi connectivity index (χ2n) is 8.36. The van der Waals surface area contributed by atoms with Crippen molar-refractivity contribution in [1.82, 2.24) is 15.2 Å². The number of carbonyl (C=O) groups excluding carboxylic acids is 2. The van der Waals surface area contributed by atoms with E-state index < -0.39 is 0 Å². The van der Waals surface area contributed by atoms with Crippen LogP contribution in [-0.4, -0.2) is 79.3 Å². The van der Waals surface area contributed by atoms with Gasteiger partial charge in [0.25, 0.3) is 11.8 Å². The van der Waals surface area contributed by atoms with Gasteiger partial charge in [0.1, 0.15) is 12.2 Å². The Labute approximate surface area is 188 Å². The number of anilines is 1. The number of ether oxygens (including phenoxy) is 2. The highest BCUT2D eigenvalue weighted by Crippen LogP contribution is 2.23. The number of fused-ring (bicyclic) bond motifs is 1. The molecule has 2 N–H and O–H groups in total. The number of hydrogen-bond donors (Lipinski definition) is 2. The molecule has 2 saturated heterocycles. The number of amides is 2. The van der Waals surface area contributed by atoms with Crippen molar-refractivity contribution in [3.05, 3.63) is 53.3 Å². The monoisotopic (exact) mass is 440 g/mol. The van der Waals surface area contributed by atoms with Gasteiger partial charge in [0.2, 0.25) is 0 Å². The van der Waals surface area contributed by atoms with Gasteiger partial charge < -0.3 is 29.6 Å². The van der Waals surface area contributed by atoms with E-state index in [0.29, 0.717) is 37.4 Å². The summed E-state index contributed by atoms with van der Waals surface area (Å²) in [5.74, 6) is -0.151. The van der Waals surface area contributed by atoms with Gasteiger partial charge in [0, 0.05) is 49.3 Å². The van der Waals surface area contributed by atoms with Crippen LogP contribution in [0, 0.1) is 6.92 Å². The van der Waals surface area contributed by atoms with Crippen LogP contribution < -0.4 is 10.2 Å². The van der Waals surface area contributed by atoms with E-state index in [1.807, 2.05) is 31.2 Å². The first kappa shape index (κ1) is 22.4. The SMILES string of the molecule is CCN(CC)c1ccc(C(=O)NC2CO[C@H]3CN(C(=O)c4cc[nH]c4C)C[C@@H]3OC2)cc1. The maximum absolute atomic E-state index is 12.8. The van der Waals surface area contributed by atoms with Gasteiger partial charge in [-0.3, -0.25) is 9.59 Å². The summed E-state index contributed by atoms with van der Waals surface area (Å²) in [6.45, 7) is 9.65. The lowest BCUT2D eigenvalue weighted by atomic mass is 10.1. The zero-order valence-corrected chi connectivity index (χ0v) is 19.0. The summed E-state index contributed by atoms with van der Waals surface area (Å²) in [6, 6.07) is 9.22. The second-order valence-corrected chi connectivity index (χ2v) is 8.36. The van der Waals surface area contributed by atoms with E-state index in [1.165, 1.54) is 0 Å². The number of benzene rings is 1. The van der Waals surface area contributed by atoms with Crippen molar-refractivity contribution in [2.24, 2.45) is 0 Å². The molecule has 2 aliphatic rings. The lowest BCUT2D eigenvalue weighted by Gasteiger charge is -2.21. The molecule has 4 rings (SSSR count). The molecule has 8 nitrogen and oxygen atoms in total. The molecule has 2 aliphatic heterocycles. The van der Waals surface area contributed by atoms with Crippen LogP contribution in [0.4, 0.5) is 5.69 Å². The summed E-state index contributed by atoms with van der Waals surface area (Å²) in [5, 5.41) is 3.02. The van der Waals surface area contributed by atoms with Crippen LogP contribution in [0.1, 0.15) is 40.3 Å². The average Bonchev–Trinajstić information content (AvgIpc) is 3.37. The van der Waals surface area contributed by atoms with Crippen LogP contribution in [0.5, 0.6) is 0 Å². The minimum absolute atomic E-state index is 0.0120. The molecule has 172 valence electrons. The summed E-state index contributed by atoms with van der Waals surface area (Å²) in [5.41, 5.74) is 3.26. The molecule has 32 heavy (non-hydrogen) atoms. The van der Waals surface area contributed by atoms with Crippen LogP contribution in [0.25, 0.3) is 0 Å². The summed E-state index contributed by atoms with van der Waals surface area (Å²) in [7, 11) is 0. The molecule has 0 bridgehead atoms. The molecule has 2 aromatic rings. The number of hydrogen-bond acceptors (Lipinski definition) is 5. The molecular formula is C24H32N4O4. The Morgan fingerprint density at radius 3 is 2.22 bits per heavy atom. The van der Waals surface area contributed by atoms with E-state index >= 15 is 0 Å². The zero-order chi connectivity index (χ0) is 22.7. The Kier molecular flexibility index (Phi) is 6.81. The maximum Gasteiger partial charge on any atom is 0.255 e. The molecule has 1 aromatic carbocycles. The minimum atomic E-state index is -0.230. The zero-order valence-electron chi connectivity index (χ0n) is 19.0. The van der Waals surface area contributed by atoms with E-state index in [0.717, 1.165) is 24.5 Å². The number of rotatable bonds is 6. The summed E-state index contributed by atoms with van der Waals surface area (Å²) in [6.07, 6.45) is 1.40. The third kappa shape index (κ3) is 4.66. The smallest absolute Gasteiger partial charge is 0.255 e. The molecule has 3 heterocycles. The normalized spacial score (nSPS) is 21.2. The Hall–Kier alpha value is -2.84. The highest BCUT2D eigenvalue weighted by molar-refractivity contribution is 5.96. The molecule has 2 atom stereocenters. The van der Waals surface area contributed by atoms with Crippen molar-refractivity contribution in [3.63, 3.8) is 0 Å².